The lowest BCUT2D eigenvalue weighted by molar-refractivity contribution is -0.137. The smallest absolute Gasteiger partial charge is 0.295 e. The number of alkyl halides is 3. The number of carbonyl (C=O) groups excluding carboxylic acids is 1. The van der Waals surface area contributed by atoms with E-state index in [-0.39, 0.29) is 16.4 Å². The van der Waals surface area contributed by atoms with Crippen molar-refractivity contribution in [2.24, 2.45) is 0 Å². The SMILES string of the molecule is CSNC(=O)c1cc2cc(C(F)(F)F)cc(Cl)n2n1. The Balaban J connectivity index is 2.54. The van der Waals surface area contributed by atoms with Gasteiger partial charge in [0, 0.05) is 6.26 Å². The first-order valence-corrected chi connectivity index (χ1v) is 6.53. The summed E-state index contributed by atoms with van der Waals surface area (Å²) in [5, 5.41) is 3.63. The first-order chi connectivity index (χ1) is 8.82. The molecule has 9 heteroatoms. The molecule has 0 fully saturated rings. The molecule has 4 nitrogen and oxygen atoms in total. The van der Waals surface area contributed by atoms with Crippen molar-refractivity contribution in [3.8, 4) is 0 Å². The quantitative estimate of drug-likeness (QED) is 0.685. The van der Waals surface area contributed by atoms with E-state index in [1.54, 1.807) is 6.26 Å². The van der Waals surface area contributed by atoms with Gasteiger partial charge in [-0.1, -0.05) is 23.5 Å². The van der Waals surface area contributed by atoms with Crippen LogP contribution in [0.2, 0.25) is 5.15 Å². The van der Waals surface area contributed by atoms with Crippen molar-refractivity contribution < 1.29 is 18.0 Å². The highest BCUT2D eigenvalue weighted by atomic mass is 35.5. The molecule has 2 aromatic rings. The Morgan fingerprint density at radius 2 is 2.11 bits per heavy atom. The van der Waals surface area contributed by atoms with Crippen LogP contribution in [-0.2, 0) is 6.18 Å². The monoisotopic (exact) mass is 309 g/mol. The van der Waals surface area contributed by atoms with Crippen LogP contribution in [0.3, 0.4) is 0 Å². The van der Waals surface area contributed by atoms with E-state index in [0.717, 1.165) is 28.6 Å². The predicted octanol–water partition coefficient (Wildman–Crippen LogP) is 3.01. The summed E-state index contributed by atoms with van der Waals surface area (Å²) in [6.07, 6.45) is -2.86. The molecule has 0 aliphatic carbocycles. The molecule has 2 aromatic heterocycles. The lowest BCUT2D eigenvalue weighted by Gasteiger charge is -2.07. The lowest BCUT2D eigenvalue weighted by atomic mass is 10.2. The van der Waals surface area contributed by atoms with Crippen LogP contribution >= 0.6 is 23.5 Å². The van der Waals surface area contributed by atoms with Crippen molar-refractivity contribution in [3.63, 3.8) is 0 Å². The van der Waals surface area contributed by atoms with Crippen molar-refractivity contribution in [2.45, 2.75) is 6.18 Å². The summed E-state index contributed by atoms with van der Waals surface area (Å²) in [5.74, 6) is -0.499. The second-order valence-electron chi connectivity index (χ2n) is 3.57. The van der Waals surface area contributed by atoms with E-state index in [2.05, 4.69) is 9.82 Å². The first-order valence-electron chi connectivity index (χ1n) is 4.93. The predicted molar refractivity (Wildman–Crippen MR) is 66.2 cm³/mol. The number of rotatable bonds is 2. The summed E-state index contributed by atoms with van der Waals surface area (Å²) in [6.45, 7) is 0. The molecule has 1 N–H and O–H groups in total. The molecule has 0 bridgehead atoms. The summed E-state index contributed by atoms with van der Waals surface area (Å²) in [4.78, 5) is 11.5. The highest BCUT2D eigenvalue weighted by Crippen LogP contribution is 2.32. The maximum Gasteiger partial charge on any atom is 0.416 e. The fourth-order valence-corrected chi connectivity index (χ4v) is 2.02. The van der Waals surface area contributed by atoms with Gasteiger partial charge in [0.25, 0.3) is 5.91 Å². The van der Waals surface area contributed by atoms with Crippen molar-refractivity contribution in [1.82, 2.24) is 14.3 Å². The third kappa shape index (κ3) is 2.79. The van der Waals surface area contributed by atoms with Crippen LogP contribution in [0.25, 0.3) is 5.52 Å². The van der Waals surface area contributed by atoms with Gasteiger partial charge in [-0.05, 0) is 18.2 Å². The van der Waals surface area contributed by atoms with Crippen LogP contribution in [0, 0.1) is 0 Å². The van der Waals surface area contributed by atoms with Crippen LogP contribution in [0.15, 0.2) is 18.2 Å². The Hall–Kier alpha value is -1.41. The Bertz CT molecular complexity index is 641. The summed E-state index contributed by atoms with van der Waals surface area (Å²) in [5.41, 5.74) is -0.789. The number of aromatic nitrogens is 2. The molecule has 19 heavy (non-hydrogen) atoms. The van der Waals surface area contributed by atoms with Crippen molar-refractivity contribution in [1.29, 1.82) is 0 Å². The van der Waals surface area contributed by atoms with E-state index < -0.39 is 17.6 Å². The zero-order valence-electron chi connectivity index (χ0n) is 9.45. The van der Waals surface area contributed by atoms with Gasteiger partial charge in [-0.2, -0.15) is 18.3 Å². The standard InChI is InChI=1S/C10H7ClF3N3OS/c1-19-16-9(18)7-4-6-2-5(10(12,13)14)3-8(11)17(6)15-7/h2-4H,1H3,(H,16,18). The number of nitrogens with zero attached hydrogens (tertiary/aromatic N) is 2. The molecular weight excluding hydrogens is 303 g/mol. The van der Waals surface area contributed by atoms with Gasteiger partial charge in [-0.25, -0.2) is 4.52 Å². The summed E-state index contributed by atoms with van der Waals surface area (Å²) >= 11 is 6.79. The first kappa shape index (κ1) is 14.0. The lowest BCUT2D eigenvalue weighted by Crippen LogP contribution is -2.15. The molecule has 1 amide bonds. The zero-order valence-corrected chi connectivity index (χ0v) is 11.0. The number of hydrogen-bond acceptors (Lipinski definition) is 3. The van der Waals surface area contributed by atoms with Gasteiger partial charge in [-0.3, -0.25) is 9.52 Å². The molecule has 0 saturated heterocycles. The van der Waals surface area contributed by atoms with Crippen molar-refractivity contribution in [3.05, 3.63) is 34.6 Å². The van der Waals surface area contributed by atoms with E-state index in [4.69, 9.17) is 11.6 Å². The zero-order chi connectivity index (χ0) is 14.2. The number of amides is 1. The molecule has 0 unspecified atom stereocenters. The molecule has 0 spiro atoms. The highest BCUT2D eigenvalue weighted by Gasteiger charge is 2.31. The summed E-state index contributed by atoms with van der Waals surface area (Å²) in [7, 11) is 0. The molecule has 0 radical (unpaired) electrons. The molecule has 0 saturated carbocycles. The number of nitrogens with one attached hydrogen (secondary N) is 1. The van der Waals surface area contributed by atoms with Gasteiger partial charge in [0.05, 0.1) is 11.1 Å². The van der Waals surface area contributed by atoms with Gasteiger partial charge < -0.3 is 0 Å². The maximum absolute atomic E-state index is 12.6. The topological polar surface area (TPSA) is 46.4 Å². The van der Waals surface area contributed by atoms with Crippen molar-refractivity contribution in [2.75, 3.05) is 6.26 Å². The number of halogens is 4. The maximum atomic E-state index is 12.6. The Morgan fingerprint density at radius 3 is 2.68 bits per heavy atom. The molecule has 0 aromatic carbocycles. The Morgan fingerprint density at radius 1 is 1.42 bits per heavy atom. The van der Waals surface area contributed by atoms with Gasteiger partial charge in [0.2, 0.25) is 0 Å². The molecule has 0 aliphatic rings. The second kappa shape index (κ2) is 4.93. The average molecular weight is 310 g/mol. The van der Waals surface area contributed by atoms with E-state index in [0.29, 0.717) is 0 Å². The fourth-order valence-electron chi connectivity index (χ4n) is 1.48. The van der Waals surface area contributed by atoms with E-state index in [9.17, 15) is 18.0 Å². The molecule has 0 aliphatic heterocycles. The van der Waals surface area contributed by atoms with Gasteiger partial charge in [0.1, 0.15) is 5.15 Å². The largest absolute Gasteiger partial charge is 0.416 e. The number of pyridine rings is 1. The minimum atomic E-state index is -4.50. The Labute approximate surface area is 115 Å². The average Bonchev–Trinajstić information content (AvgIpc) is 2.72. The highest BCUT2D eigenvalue weighted by molar-refractivity contribution is 7.97. The van der Waals surface area contributed by atoms with E-state index in [1.807, 2.05) is 0 Å². The summed E-state index contributed by atoms with van der Waals surface area (Å²) in [6, 6.07) is 2.89. The summed E-state index contributed by atoms with van der Waals surface area (Å²) < 4.78 is 41.3. The second-order valence-corrected chi connectivity index (χ2v) is 4.57. The molecular formula is C10H7ClF3N3OS. The molecule has 0 atom stereocenters. The van der Waals surface area contributed by atoms with Crippen LogP contribution < -0.4 is 4.72 Å². The van der Waals surface area contributed by atoms with E-state index >= 15 is 0 Å². The Kier molecular flexibility index (Phi) is 3.64. The molecule has 2 heterocycles. The normalized spacial score (nSPS) is 11.8. The number of carbonyl (C=O) groups is 1. The fraction of sp³-hybridized carbons (Fsp3) is 0.200. The van der Waals surface area contributed by atoms with Crippen LogP contribution in [0.5, 0.6) is 0 Å². The van der Waals surface area contributed by atoms with Gasteiger partial charge in [0.15, 0.2) is 5.69 Å². The number of hydrogen-bond donors (Lipinski definition) is 1. The minimum Gasteiger partial charge on any atom is -0.295 e. The van der Waals surface area contributed by atoms with Gasteiger partial charge >= 0.3 is 6.18 Å². The molecule has 2 rings (SSSR count). The van der Waals surface area contributed by atoms with Crippen molar-refractivity contribution >= 4 is 35.0 Å². The van der Waals surface area contributed by atoms with Crippen LogP contribution in [0.4, 0.5) is 13.2 Å². The molecule has 102 valence electrons. The number of fused-ring (bicyclic) bond motifs is 1. The third-order valence-corrected chi connectivity index (χ3v) is 2.93. The minimum absolute atomic E-state index is 0.00410. The third-order valence-electron chi connectivity index (χ3n) is 2.27. The van der Waals surface area contributed by atoms with Crippen LogP contribution in [-0.4, -0.2) is 21.8 Å². The van der Waals surface area contributed by atoms with Gasteiger partial charge in [-0.15, -0.1) is 0 Å². The van der Waals surface area contributed by atoms with E-state index in [1.165, 1.54) is 6.07 Å². The van der Waals surface area contributed by atoms with Crippen LogP contribution in [0.1, 0.15) is 16.1 Å².